The zero-order chi connectivity index (χ0) is 15.8. The van der Waals surface area contributed by atoms with Gasteiger partial charge in [-0.05, 0) is 24.7 Å². The normalized spacial score (nSPS) is 18.2. The van der Waals surface area contributed by atoms with Gasteiger partial charge in [0.25, 0.3) is 5.56 Å². The van der Waals surface area contributed by atoms with Crippen LogP contribution < -0.4 is 5.56 Å². The van der Waals surface area contributed by atoms with E-state index in [1.807, 2.05) is 22.8 Å². The molecule has 3 aromatic rings. The first kappa shape index (κ1) is 15.2. The summed E-state index contributed by atoms with van der Waals surface area (Å²) in [5.41, 5.74) is 0.915. The molecule has 1 saturated heterocycles. The van der Waals surface area contributed by atoms with E-state index >= 15 is 0 Å². The van der Waals surface area contributed by atoms with Crippen LogP contribution in [0.25, 0.3) is 20.3 Å². The third kappa shape index (κ3) is 2.69. The standard InChI is InChI=1S/C17H18N2O2S2/c1-2-22-17-18-14-12-7-3-4-8-13(12)23-15(14)16(20)19(17)10-11-6-5-9-21-11/h3-4,7-8,11H,2,5-6,9-10H2,1H3. The Morgan fingerprint density at radius 2 is 2.30 bits per heavy atom. The lowest BCUT2D eigenvalue weighted by molar-refractivity contribution is 0.0938. The molecule has 0 spiro atoms. The van der Waals surface area contributed by atoms with Gasteiger partial charge in [-0.2, -0.15) is 0 Å². The lowest BCUT2D eigenvalue weighted by Crippen LogP contribution is -2.28. The van der Waals surface area contributed by atoms with Gasteiger partial charge < -0.3 is 4.74 Å². The number of hydrogen-bond donors (Lipinski definition) is 0. The van der Waals surface area contributed by atoms with Crippen molar-refractivity contribution in [2.75, 3.05) is 12.4 Å². The van der Waals surface area contributed by atoms with E-state index in [4.69, 9.17) is 9.72 Å². The highest BCUT2D eigenvalue weighted by molar-refractivity contribution is 7.99. The minimum Gasteiger partial charge on any atom is -0.376 e. The van der Waals surface area contributed by atoms with Gasteiger partial charge in [-0.1, -0.05) is 36.9 Å². The minimum absolute atomic E-state index is 0.0719. The zero-order valence-corrected chi connectivity index (χ0v) is 14.6. The van der Waals surface area contributed by atoms with Gasteiger partial charge >= 0.3 is 0 Å². The fourth-order valence-corrected chi connectivity index (χ4v) is 4.86. The molecule has 0 bridgehead atoms. The maximum absolute atomic E-state index is 13.0. The molecule has 120 valence electrons. The van der Waals surface area contributed by atoms with Gasteiger partial charge in [0.15, 0.2) is 5.16 Å². The maximum Gasteiger partial charge on any atom is 0.272 e. The molecule has 3 heterocycles. The third-order valence-electron chi connectivity index (χ3n) is 4.13. The van der Waals surface area contributed by atoms with E-state index < -0.39 is 0 Å². The summed E-state index contributed by atoms with van der Waals surface area (Å²) >= 11 is 3.17. The van der Waals surface area contributed by atoms with Crippen LogP contribution in [0.4, 0.5) is 0 Å². The molecular weight excluding hydrogens is 328 g/mol. The average Bonchev–Trinajstić information content (AvgIpc) is 3.19. The number of thioether (sulfide) groups is 1. The van der Waals surface area contributed by atoms with Crippen molar-refractivity contribution in [1.29, 1.82) is 0 Å². The largest absolute Gasteiger partial charge is 0.376 e. The van der Waals surface area contributed by atoms with Crippen molar-refractivity contribution < 1.29 is 4.74 Å². The summed E-state index contributed by atoms with van der Waals surface area (Å²) in [6.07, 6.45) is 2.24. The van der Waals surface area contributed by atoms with Crippen molar-refractivity contribution in [3.05, 3.63) is 34.6 Å². The first-order chi connectivity index (χ1) is 11.3. The van der Waals surface area contributed by atoms with Crippen LogP contribution in [0.2, 0.25) is 0 Å². The second-order valence-electron chi connectivity index (χ2n) is 5.65. The van der Waals surface area contributed by atoms with Gasteiger partial charge in [0.1, 0.15) is 4.70 Å². The molecule has 1 aromatic carbocycles. The van der Waals surface area contributed by atoms with Crippen molar-refractivity contribution in [2.24, 2.45) is 0 Å². The minimum atomic E-state index is 0.0719. The van der Waals surface area contributed by atoms with Gasteiger partial charge in [-0.15, -0.1) is 11.3 Å². The predicted octanol–water partition coefficient (Wildman–Crippen LogP) is 3.90. The van der Waals surface area contributed by atoms with E-state index in [9.17, 15) is 4.79 Å². The molecule has 1 aliphatic heterocycles. The van der Waals surface area contributed by atoms with Crippen molar-refractivity contribution in [3.63, 3.8) is 0 Å². The molecule has 1 fully saturated rings. The molecule has 1 unspecified atom stereocenters. The molecule has 0 saturated carbocycles. The molecule has 0 amide bonds. The number of hydrogen-bond acceptors (Lipinski definition) is 5. The lowest BCUT2D eigenvalue weighted by Gasteiger charge is -2.15. The van der Waals surface area contributed by atoms with E-state index in [1.165, 1.54) is 0 Å². The number of thiophene rings is 1. The summed E-state index contributed by atoms with van der Waals surface area (Å²) in [6, 6.07) is 8.11. The molecule has 2 aromatic heterocycles. The van der Waals surface area contributed by atoms with E-state index in [1.54, 1.807) is 23.1 Å². The first-order valence-electron chi connectivity index (χ1n) is 7.94. The van der Waals surface area contributed by atoms with E-state index in [0.29, 0.717) is 6.54 Å². The highest BCUT2D eigenvalue weighted by Crippen LogP contribution is 2.32. The van der Waals surface area contributed by atoms with E-state index in [-0.39, 0.29) is 11.7 Å². The van der Waals surface area contributed by atoms with Gasteiger partial charge in [0.2, 0.25) is 0 Å². The summed E-state index contributed by atoms with van der Waals surface area (Å²) in [5.74, 6) is 0.894. The second-order valence-corrected chi connectivity index (χ2v) is 7.94. The number of benzene rings is 1. The molecule has 1 atom stereocenters. The monoisotopic (exact) mass is 346 g/mol. The van der Waals surface area contributed by atoms with Crippen LogP contribution in [0.1, 0.15) is 19.8 Å². The Balaban J connectivity index is 1.92. The average molecular weight is 346 g/mol. The zero-order valence-electron chi connectivity index (χ0n) is 12.9. The van der Waals surface area contributed by atoms with Crippen LogP contribution in [-0.2, 0) is 11.3 Å². The Bertz CT molecular complexity index is 910. The topological polar surface area (TPSA) is 44.1 Å². The Labute approximate surface area is 142 Å². The molecular formula is C17H18N2O2S2. The van der Waals surface area contributed by atoms with Crippen LogP contribution in [-0.4, -0.2) is 28.0 Å². The summed E-state index contributed by atoms with van der Waals surface area (Å²) < 4.78 is 9.42. The van der Waals surface area contributed by atoms with Gasteiger partial charge in [-0.25, -0.2) is 4.98 Å². The van der Waals surface area contributed by atoms with Crippen molar-refractivity contribution in [3.8, 4) is 0 Å². The van der Waals surface area contributed by atoms with Crippen LogP contribution >= 0.6 is 23.1 Å². The van der Waals surface area contributed by atoms with Crippen LogP contribution in [0, 0.1) is 0 Å². The number of rotatable bonds is 4. The number of ether oxygens (including phenoxy) is 1. The summed E-state index contributed by atoms with van der Waals surface area (Å²) in [4.78, 5) is 17.9. The van der Waals surface area contributed by atoms with Gasteiger partial charge in [0, 0.05) is 16.7 Å². The smallest absolute Gasteiger partial charge is 0.272 e. The molecule has 4 rings (SSSR count). The Hall–Kier alpha value is -1.37. The van der Waals surface area contributed by atoms with Crippen LogP contribution in [0.3, 0.4) is 0 Å². The Morgan fingerprint density at radius 3 is 3.09 bits per heavy atom. The third-order valence-corrected chi connectivity index (χ3v) is 6.14. The Morgan fingerprint density at radius 1 is 1.43 bits per heavy atom. The highest BCUT2D eigenvalue weighted by atomic mass is 32.2. The number of nitrogens with zero attached hydrogens (tertiary/aromatic N) is 2. The van der Waals surface area contributed by atoms with Crippen molar-refractivity contribution >= 4 is 43.4 Å². The summed E-state index contributed by atoms with van der Waals surface area (Å²) in [5, 5.41) is 1.89. The molecule has 1 aliphatic rings. The lowest BCUT2D eigenvalue weighted by atomic mass is 10.2. The fourth-order valence-electron chi connectivity index (χ4n) is 3.05. The fraction of sp³-hybridized carbons (Fsp3) is 0.412. The van der Waals surface area contributed by atoms with Crippen LogP contribution in [0.5, 0.6) is 0 Å². The second kappa shape index (κ2) is 6.26. The molecule has 0 radical (unpaired) electrons. The van der Waals surface area contributed by atoms with Gasteiger partial charge in [0.05, 0.1) is 18.2 Å². The predicted molar refractivity (Wildman–Crippen MR) is 96.8 cm³/mol. The van der Waals surface area contributed by atoms with Crippen LogP contribution in [0.15, 0.2) is 34.2 Å². The number of fused-ring (bicyclic) bond motifs is 3. The maximum atomic E-state index is 13.0. The molecule has 23 heavy (non-hydrogen) atoms. The highest BCUT2D eigenvalue weighted by Gasteiger charge is 2.21. The first-order valence-corrected chi connectivity index (χ1v) is 9.74. The van der Waals surface area contributed by atoms with Crippen molar-refractivity contribution in [2.45, 2.75) is 37.6 Å². The SMILES string of the molecule is CCSc1nc2c(sc3ccccc32)c(=O)n1CC1CCCO1. The molecule has 4 nitrogen and oxygen atoms in total. The quantitative estimate of drug-likeness (QED) is 0.531. The van der Waals surface area contributed by atoms with E-state index in [0.717, 1.165) is 50.7 Å². The number of aromatic nitrogens is 2. The molecule has 6 heteroatoms. The molecule has 0 aliphatic carbocycles. The van der Waals surface area contributed by atoms with Crippen molar-refractivity contribution in [1.82, 2.24) is 9.55 Å². The summed E-state index contributed by atoms with van der Waals surface area (Å²) in [6.45, 7) is 3.50. The van der Waals surface area contributed by atoms with Gasteiger partial charge in [-0.3, -0.25) is 9.36 Å². The molecule has 0 N–H and O–H groups in total. The summed E-state index contributed by atoms with van der Waals surface area (Å²) in [7, 11) is 0. The Kier molecular flexibility index (Phi) is 4.13. The van der Waals surface area contributed by atoms with E-state index in [2.05, 4.69) is 13.0 Å².